The van der Waals surface area contributed by atoms with Crippen LogP contribution in [0.15, 0.2) is 106 Å². The third-order valence-corrected chi connectivity index (χ3v) is 9.20. The number of ether oxygens (including phenoxy) is 3. The van der Waals surface area contributed by atoms with Crippen molar-refractivity contribution in [3.05, 3.63) is 107 Å². The van der Waals surface area contributed by atoms with Crippen molar-refractivity contribution in [2.24, 2.45) is 4.99 Å². The van der Waals surface area contributed by atoms with Gasteiger partial charge in [0, 0.05) is 16.2 Å². The van der Waals surface area contributed by atoms with Crippen molar-refractivity contribution < 1.29 is 14.2 Å². The van der Waals surface area contributed by atoms with Gasteiger partial charge in [0.15, 0.2) is 5.90 Å². The monoisotopic (exact) mass is 611 g/mol. The minimum Gasteiger partial charge on any atom is -0.497 e. The molecule has 4 aromatic carbocycles. The van der Waals surface area contributed by atoms with Crippen molar-refractivity contribution in [2.75, 3.05) is 14.2 Å². The van der Waals surface area contributed by atoms with Gasteiger partial charge in [-0.2, -0.15) is 0 Å². The van der Waals surface area contributed by atoms with E-state index >= 15 is 0 Å². The number of benzene rings is 4. The van der Waals surface area contributed by atoms with Crippen molar-refractivity contribution >= 4 is 58.3 Å². The summed E-state index contributed by atoms with van der Waals surface area (Å²) in [5.41, 5.74) is 1.92. The van der Waals surface area contributed by atoms with Gasteiger partial charge < -0.3 is 14.2 Å². The van der Waals surface area contributed by atoms with Gasteiger partial charge in [-0.1, -0.05) is 49.2 Å². The van der Waals surface area contributed by atoms with Crippen LogP contribution in [0.4, 0.5) is 5.69 Å². The quantitative estimate of drug-likeness (QED) is 0.0729. The maximum Gasteiger partial charge on any atom is 0.197 e. The van der Waals surface area contributed by atoms with Gasteiger partial charge in [0.2, 0.25) is 0 Å². The highest BCUT2D eigenvalue weighted by Crippen LogP contribution is 2.39. The molecule has 0 atom stereocenters. The number of halogens is 2. The van der Waals surface area contributed by atoms with Crippen LogP contribution in [-0.2, 0) is 0 Å². The van der Waals surface area contributed by atoms with Gasteiger partial charge in [0.05, 0.1) is 34.5 Å². The Balaban J connectivity index is 1.66. The molecule has 0 saturated heterocycles. The highest BCUT2D eigenvalue weighted by Gasteiger charge is 2.19. The van der Waals surface area contributed by atoms with Gasteiger partial charge in [-0.15, -0.1) is 23.5 Å². The first-order chi connectivity index (χ1) is 19.3. The fourth-order valence-electron chi connectivity index (χ4n) is 3.73. The second kappa shape index (κ2) is 14.7. The number of nitrogens with zero attached hydrogens (tertiary/aromatic N) is 1. The van der Waals surface area contributed by atoms with Crippen LogP contribution in [0.2, 0.25) is 10.0 Å². The predicted octanol–water partition coefficient (Wildman–Crippen LogP) is 10.5. The molecule has 0 saturated carbocycles. The van der Waals surface area contributed by atoms with Crippen LogP contribution >= 0.6 is 46.7 Å². The molecule has 208 valence electrons. The molecule has 4 rings (SSSR count). The number of hydrogen-bond acceptors (Lipinski definition) is 6. The fourth-order valence-corrected chi connectivity index (χ4v) is 6.52. The Morgan fingerprint density at radius 3 is 1.70 bits per heavy atom. The maximum atomic E-state index is 6.41. The number of hydrogen-bond donors (Lipinski definition) is 0. The van der Waals surface area contributed by atoms with Crippen molar-refractivity contribution in [1.82, 2.24) is 0 Å². The number of rotatable bonds is 11. The van der Waals surface area contributed by atoms with E-state index in [1.807, 2.05) is 42.5 Å². The van der Waals surface area contributed by atoms with E-state index in [1.54, 1.807) is 49.9 Å². The van der Waals surface area contributed by atoms with Crippen LogP contribution in [0.3, 0.4) is 0 Å². The molecule has 0 aliphatic rings. The molecule has 0 aliphatic carbocycles. The maximum absolute atomic E-state index is 6.41. The van der Waals surface area contributed by atoms with Crippen LogP contribution in [0.1, 0.15) is 31.7 Å². The Bertz CT molecular complexity index is 1360. The molecule has 0 unspecified atom stereocenters. The second-order valence-electron chi connectivity index (χ2n) is 9.15. The van der Waals surface area contributed by atoms with Gasteiger partial charge >= 0.3 is 0 Å². The summed E-state index contributed by atoms with van der Waals surface area (Å²) < 4.78 is 17.1. The van der Waals surface area contributed by atoms with Crippen LogP contribution in [-0.4, -0.2) is 24.7 Å². The molecule has 0 bridgehead atoms. The first-order valence-electron chi connectivity index (χ1n) is 12.7. The summed E-state index contributed by atoms with van der Waals surface area (Å²) >= 11 is 15.9. The van der Waals surface area contributed by atoms with Crippen LogP contribution in [0, 0.1) is 0 Å². The van der Waals surface area contributed by atoms with E-state index in [9.17, 15) is 0 Å². The average Bonchev–Trinajstić information content (AvgIpc) is 2.96. The summed E-state index contributed by atoms with van der Waals surface area (Å²) in [6.45, 7) is 4.34. The molecule has 0 N–H and O–H groups in total. The minimum absolute atomic E-state index is 0.0400. The van der Waals surface area contributed by atoms with Gasteiger partial charge in [-0.3, -0.25) is 0 Å². The molecule has 0 radical (unpaired) electrons. The number of methoxy groups -OCH3 is 2. The minimum atomic E-state index is 0.0400. The molecule has 8 heteroatoms. The zero-order valence-electron chi connectivity index (χ0n) is 22.8. The zero-order valence-corrected chi connectivity index (χ0v) is 25.9. The first-order valence-corrected chi connectivity index (χ1v) is 15.3. The van der Waals surface area contributed by atoms with Gasteiger partial charge in [0.25, 0.3) is 0 Å². The van der Waals surface area contributed by atoms with Gasteiger partial charge in [0.1, 0.15) is 17.2 Å². The molecule has 4 nitrogen and oxygen atoms in total. The largest absolute Gasteiger partial charge is 0.497 e. The van der Waals surface area contributed by atoms with E-state index in [0.717, 1.165) is 27.0 Å². The molecular formula is C32H31Cl2NO3S2. The zero-order chi connectivity index (χ0) is 28.5. The van der Waals surface area contributed by atoms with E-state index in [4.69, 9.17) is 42.4 Å². The van der Waals surface area contributed by atoms with Gasteiger partial charge in [-0.05, 0) is 90.3 Å². The summed E-state index contributed by atoms with van der Waals surface area (Å²) in [6.07, 6.45) is 0.541. The SMILES string of the molecule is COc1ccc(SC(CC(=Nc2ccc(Cl)c(Cl)c2)Oc2ccc(C(C)C)cc2)Sc2ccc(OC)cc2)cc1. The highest BCUT2D eigenvalue weighted by atomic mass is 35.5. The lowest BCUT2D eigenvalue weighted by molar-refractivity contribution is 0.414. The number of thioether (sulfide) groups is 2. The smallest absolute Gasteiger partial charge is 0.197 e. The third kappa shape index (κ3) is 8.87. The van der Waals surface area contributed by atoms with Crippen molar-refractivity contribution in [3.8, 4) is 17.2 Å². The molecule has 4 aromatic rings. The van der Waals surface area contributed by atoms with E-state index < -0.39 is 0 Å². The van der Waals surface area contributed by atoms with E-state index in [2.05, 4.69) is 50.2 Å². The summed E-state index contributed by atoms with van der Waals surface area (Å²) in [4.78, 5) is 7.10. The first kappa shape index (κ1) is 30.2. The van der Waals surface area contributed by atoms with Crippen LogP contribution in [0.25, 0.3) is 0 Å². The fraction of sp³-hybridized carbons (Fsp3) is 0.219. The standard InChI is InChI=1S/C32H31Cl2NO3S2/c1-21(2)22-5-8-26(9-6-22)38-31(35-23-7-18-29(33)30(34)19-23)20-32(39-27-14-10-24(36-3)11-15-27)40-28-16-12-25(37-4)13-17-28/h5-19,21,32H,20H2,1-4H3. The Morgan fingerprint density at radius 1 is 0.700 bits per heavy atom. The average molecular weight is 613 g/mol. The molecule has 0 fully saturated rings. The molecule has 40 heavy (non-hydrogen) atoms. The molecule has 0 heterocycles. The van der Waals surface area contributed by atoms with Gasteiger partial charge in [-0.25, -0.2) is 4.99 Å². The van der Waals surface area contributed by atoms with Crippen LogP contribution < -0.4 is 14.2 Å². The highest BCUT2D eigenvalue weighted by molar-refractivity contribution is 8.17. The predicted molar refractivity (Wildman–Crippen MR) is 171 cm³/mol. The van der Waals surface area contributed by atoms with Crippen molar-refractivity contribution in [2.45, 2.75) is 40.6 Å². The Labute approximate surface area is 255 Å². The van der Waals surface area contributed by atoms with Crippen molar-refractivity contribution in [3.63, 3.8) is 0 Å². The van der Waals surface area contributed by atoms with E-state index in [-0.39, 0.29) is 4.58 Å². The van der Waals surface area contributed by atoms with E-state index in [0.29, 0.717) is 34.0 Å². The van der Waals surface area contributed by atoms with E-state index in [1.165, 1.54) is 5.56 Å². The Hall–Kier alpha value is -2.77. The Morgan fingerprint density at radius 2 is 1.23 bits per heavy atom. The third-order valence-electron chi connectivity index (χ3n) is 5.93. The summed E-state index contributed by atoms with van der Waals surface area (Å²) in [6, 6.07) is 29.6. The molecule has 0 spiro atoms. The summed E-state index contributed by atoms with van der Waals surface area (Å²) in [7, 11) is 3.34. The lowest BCUT2D eigenvalue weighted by atomic mass is 10.0. The number of aliphatic imine (C=N–C) groups is 1. The van der Waals surface area contributed by atoms with Crippen molar-refractivity contribution in [1.29, 1.82) is 0 Å². The lowest BCUT2D eigenvalue weighted by Crippen LogP contribution is -2.14. The topological polar surface area (TPSA) is 40.0 Å². The summed E-state index contributed by atoms with van der Waals surface area (Å²) in [5.74, 6) is 3.37. The molecular weight excluding hydrogens is 581 g/mol. The Kier molecular flexibility index (Phi) is 11.1. The second-order valence-corrected chi connectivity index (χ2v) is 12.8. The van der Waals surface area contributed by atoms with Crippen LogP contribution in [0.5, 0.6) is 17.2 Å². The lowest BCUT2D eigenvalue weighted by Gasteiger charge is -2.19. The molecule has 0 aromatic heterocycles. The molecule has 0 aliphatic heterocycles. The molecule has 0 amide bonds. The summed E-state index contributed by atoms with van der Waals surface area (Å²) in [5, 5.41) is 0.927. The normalized spacial score (nSPS) is 11.7.